The Labute approximate surface area is 121 Å². The van der Waals surface area contributed by atoms with E-state index >= 15 is 0 Å². The van der Waals surface area contributed by atoms with E-state index in [4.69, 9.17) is 15.2 Å². The first-order valence-corrected chi connectivity index (χ1v) is 7.36. The van der Waals surface area contributed by atoms with E-state index in [1.54, 1.807) is 14.2 Å². The van der Waals surface area contributed by atoms with E-state index in [0.29, 0.717) is 11.8 Å². The topological polar surface area (TPSA) is 47.7 Å². The number of ether oxygens (including phenoxy) is 2. The molecule has 0 atom stereocenters. The minimum atomic E-state index is 0.677. The summed E-state index contributed by atoms with van der Waals surface area (Å²) in [6, 6.07) is 4.52. The highest BCUT2D eigenvalue weighted by atomic mass is 16.5. The maximum atomic E-state index is 6.14. The molecule has 1 saturated carbocycles. The van der Waals surface area contributed by atoms with E-state index in [0.717, 1.165) is 23.5 Å². The predicted octanol–water partition coefficient (Wildman–Crippen LogP) is 3.05. The second-order valence-electron chi connectivity index (χ2n) is 5.61. The molecule has 1 fully saturated rings. The van der Waals surface area contributed by atoms with Crippen molar-refractivity contribution in [1.82, 2.24) is 4.90 Å². The molecule has 0 bridgehead atoms. The molecule has 0 radical (unpaired) electrons. The van der Waals surface area contributed by atoms with Gasteiger partial charge in [-0.2, -0.15) is 0 Å². The summed E-state index contributed by atoms with van der Waals surface area (Å²) in [5.74, 6) is 1.43. The lowest BCUT2D eigenvalue weighted by molar-refractivity contribution is 0.184. The Kier molecular flexibility index (Phi) is 5.12. The molecule has 4 nitrogen and oxygen atoms in total. The standard InChI is InChI=1S/C16H26N2O2/c1-18(13-7-5-4-6-8-13)11-12-9-15(19-2)16(20-3)10-14(12)17/h9-10,13H,4-8,11,17H2,1-3H3. The van der Waals surface area contributed by atoms with Crippen LogP contribution in [0.25, 0.3) is 0 Å². The fourth-order valence-corrected chi connectivity index (χ4v) is 2.99. The maximum Gasteiger partial charge on any atom is 0.162 e. The zero-order chi connectivity index (χ0) is 14.5. The minimum Gasteiger partial charge on any atom is -0.493 e. The number of nitrogens with two attached hydrogens (primary N) is 1. The minimum absolute atomic E-state index is 0.677. The van der Waals surface area contributed by atoms with Crippen LogP contribution in [0.15, 0.2) is 12.1 Å². The van der Waals surface area contributed by atoms with Gasteiger partial charge in [-0.05, 0) is 31.5 Å². The van der Waals surface area contributed by atoms with E-state index in [1.807, 2.05) is 12.1 Å². The Morgan fingerprint density at radius 2 is 1.70 bits per heavy atom. The SMILES string of the molecule is COc1cc(N)c(CN(C)C2CCCCC2)cc1OC. The number of nitrogens with zero attached hydrogens (tertiary/aromatic N) is 1. The highest BCUT2D eigenvalue weighted by Gasteiger charge is 2.19. The van der Waals surface area contributed by atoms with E-state index < -0.39 is 0 Å². The first kappa shape index (κ1) is 15.0. The number of nitrogen functional groups attached to an aromatic ring is 1. The van der Waals surface area contributed by atoms with Gasteiger partial charge in [-0.15, -0.1) is 0 Å². The second-order valence-corrected chi connectivity index (χ2v) is 5.61. The lowest BCUT2D eigenvalue weighted by atomic mass is 9.94. The average Bonchev–Trinajstić information content (AvgIpc) is 2.49. The van der Waals surface area contributed by atoms with Gasteiger partial charge in [0.1, 0.15) is 0 Å². The molecule has 0 saturated heterocycles. The van der Waals surface area contributed by atoms with Crippen LogP contribution in [0.2, 0.25) is 0 Å². The van der Waals surface area contributed by atoms with Gasteiger partial charge in [-0.3, -0.25) is 4.90 Å². The predicted molar refractivity (Wildman–Crippen MR) is 82.3 cm³/mol. The molecule has 20 heavy (non-hydrogen) atoms. The number of hydrogen-bond donors (Lipinski definition) is 1. The largest absolute Gasteiger partial charge is 0.493 e. The second kappa shape index (κ2) is 6.84. The van der Waals surface area contributed by atoms with Crippen LogP contribution in [-0.4, -0.2) is 32.2 Å². The molecular formula is C16H26N2O2. The smallest absolute Gasteiger partial charge is 0.162 e. The van der Waals surface area contributed by atoms with Gasteiger partial charge in [0, 0.05) is 24.3 Å². The van der Waals surface area contributed by atoms with Crippen molar-refractivity contribution in [2.75, 3.05) is 27.0 Å². The van der Waals surface area contributed by atoms with Crippen molar-refractivity contribution in [2.45, 2.75) is 44.7 Å². The number of methoxy groups -OCH3 is 2. The van der Waals surface area contributed by atoms with Gasteiger partial charge in [0.15, 0.2) is 11.5 Å². The molecule has 0 spiro atoms. The molecule has 1 aliphatic carbocycles. The Bertz CT molecular complexity index is 442. The van der Waals surface area contributed by atoms with Crippen molar-refractivity contribution < 1.29 is 9.47 Å². The molecule has 1 aromatic rings. The molecule has 0 unspecified atom stereocenters. The van der Waals surface area contributed by atoms with Crippen molar-refractivity contribution in [1.29, 1.82) is 0 Å². The van der Waals surface area contributed by atoms with Gasteiger partial charge < -0.3 is 15.2 Å². The molecule has 0 aliphatic heterocycles. The molecule has 4 heteroatoms. The normalized spacial score (nSPS) is 16.4. The number of benzene rings is 1. The third-order valence-corrected chi connectivity index (χ3v) is 4.26. The molecular weight excluding hydrogens is 252 g/mol. The van der Waals surface area contributed by atoms with Gasteiger partial charge in [0.2, 0.25) is 0 Å². The lowest BCUT2D eigenvalue weighted by Crippen LogP contribution is -2.33. The van der Waals surface area contributed by atoms with Crippen molar-refractivity contribution in [3.8, 4) is 11.5 Å². The molecule has 0 heterocycles. The fourth-order valence-electron chi connectivity index (χ4n) is 2.99. The zero-order valence-corrected chi connectivity index (χ0v) is 12.8. The van der Waals surface area contributed by atoms with Crippen LogP contribution in [0, 0.1) is 0 Å². The van der Waals surface area contributed by atoms with Gasteiger partial charge in [0.25, 0.3) is 0 Å². The van der Waals surface area contributed by atoms with Crippen molar-refractivity contribution in [3.05, 3.63) is 17.7 Å². The fraction of sp³-hybridized carbons (Fsp3) is 0.625. The number of rotatable bonds is 5. The average molecular weight is 278 g/mol. The summed E-state index contributed by atoms with van der Waals surface area (Å²) in [7, 11) is 5.47. The van der Waals surface area contributed by atoms with E-state index in [-0.39, 0.29) is 0 Å². The summed E-state index contributed by atoms with van der Waals surface area (Å²) < 4.78 is 10.6. The first-order valence-electron chi connectivity index (χ1n) is 7.36. The highest BCUT2D eigenvalue weighted by molar-refractivity contribution is 5.57. The molecule has 0 aromatic heterocycles. The van der Waals surface area contributed by atoms with Gasteiger partial charge in [-0.25, -0.2) is 0 Å². The van der Waals surface area contributed by atoms with Gasteiger partial charge >= 0.3 is 0 Å². The summed E-state index contributed by atoms with van der Waals surface area (Å²) in [5.41, 5.74) is 8.01. The molecule has 2 N–H and O–H groups in total. The monoisotopic (exact) mass is 278 g/mol. The van der Waals surface area contributed by atoms with E-state index in [9.17, 15) is 0 Å². The molecule has 2 rings (SSSR count). The quantitative estimate of drug-likeness (QED) is 0.841. The van der Waals surface area contributed by atoms with Crippen molar-refractivity contribution >= 4 is 5.69 Å². The molecule has 112 valence electrons. The Hall–Kier alpha value is -1.42. The molecule has 1 aromatic carbocycles. The summed E-state index contributed by atoms with van der Waals surface area (Å²) in [4.78, 5) is 2.41. The van der Waals surface area contributed by atoms with E-state index in [1.165, 1.54) is 32.1 Å². The van der Waals surface area contributed by atoms with Crippen molar-refractivity contribution in [2.24, 2.45) is 0 Å². The van der Waals surface area contributed by atoms with E-state index in [2.05, 4.69) is 11.9 Å². The van der Waals surface area contributed by atoms with Crippen LogP contribution in [0.5, 0.6) is 11.5 Å². The number of anilines is 1. The van der Waals surface area contributed by atoms with Crippen LogP contribution >= 0.6 is 0 Å². The maximum absolute atomic E-state index is 6.14. The van der Waals surface area contributed by atoms with Crippen LogP contribution in [0.1, 0.15) is 37.7 Å². The molecule has 1 aliphatic rings. The van der Waals surface area contributed by atoms with Gasteiger partial charge in [-0.1, -0.05) is 19.3 Å². The summed E-state index contributed by atoms with van der Waals surface area (Å²) in [5, 5.41) is 0. The van der Waals surface area contributed by atoms with Crippen LogP contribution in [0.4, 0.5) is 5.69 Å². The van der Waals surface area contributed by atoms with Crippen molar-refractivity contribution in [3.63, 3.8) is 0 Å². The Balaban J connectivity index is 2.11. The van der Waals surface area contributed by atoms with Crippen LogP contribution < -0.4 is 15.2 Å². The Morgan fingerprint density at radius 3 is 2.30 bits per heavy atom. The number of hydrogen-bond acceptors (Lipinski definition) is 4. The summed E-state index contributed by atoms with van der Waals surface area (Å²) >= 11 is 0. The first-order chi connectivity index (χ1) is 9.65. The molecule has 0 amide bonds. The Morgan fingerprint density at radius 1 is 1.10 bits per heavy atom. The lowest BCUT2D eigenvalue weighted by Gasteiger charge is -2.31. The zero-order valence-electron chi connectivity index (χ0n) is 12.8. The van der Waals surface area contributed by atoms with Crippen LogP contribution in [-0.2, 0) is 6.54 Å². The van der Waals surface area contributed by atoms with Gasteiger partial charge in [0.05, 0.1) is 14.2 Å². The third-order valence-electron chi connectivity index (χ3n) is 4.26. The summed E-state index contributed by atoms with van der Waals surface area (Å²) in [6.07, 6.45) is 6.66. The third kappa shape index (κ3) is 3.37. The highest BCUT2D eigenvalue weighted by Crippen LogP contribution is 2.33. The van der Waals surface area contributed by atoms with Crippen LogP contribution in [0.3, 0.4) is 0 Å². The summed E-state index contributed by atoms with van der Waals surface area (Å²) in [6.45, 7) is 0.858.